The second-order valence-corrected chi connectivity index (χ2v) is 5.33. The fourth-order valence-electron chi connectivity index (χ4n) is 1.89. The highest BCUT2D eigenvalue weighted by atomic mass is 16.5. The molecule has 4 heteroatoms. The first-order valence-corrected chi connectivity index (χ1v) is 6.82. The van der Waals surface area contributed by atoms with Crippen molar-refractivity contribution >= 4 is 5.91 Å². The van der Waals surface area contributed by atoms with Gasteiger partial charge in [-0.25, -0.2) is 0 Å². The third-order valence-corrected chi connectivity index (χ3v) is 3.42. The minimum atomic E-state index is -0.328. The number of ether oxygens (including phenoxy) is 1. The van der Waals surface area contributed by atoms with Crippen molar-refractivity contribution in [2.75, 3.05) is 6.61 Å². The van der Waals surface area contributed by atoms with Gasteiger partial charge in [0.2, 0.25) is 5.91 Å². The first kappa shape index (κ1) is 13.9. The summed E-state index contributed by atoms with van der Waals surface area (Å²) < 4.78 is 5.80. The number of para-hydroxylation sites is 1. The predicted molar refractivity (Wildman–Crippen MR) is 74.9 cm³/mol. The molecule has 0 radical (unpaired) electrons. The number of primary amides is 1. The Kier molecular flexibility index (Phi) is 4.43. The number of aryl methyl sites for hydroxylation is 1. The summed E-state index contributed by atoms with van der Waals surface area (Å²) in [5.41, 5.74) is 7.48. The van der Waals surface area contributed by atoms with Crippen molar-refractivity contribution in [3.8, 4) is 5.75 Å². The van der Waals surface area contributed by atoms with Gasteiger partial charge in [0.25, 0.3) is 0 Å². The minimum Gasteiger partial charge on any atom is -0.492 e. The zero-order chi connectivity index (χ0) is 13.8. The quantitative estimate of drug-likeness (QED) is 0.787. The molecule has 0 aromatic heterocycles. The van der Waals surface area contributed by atoms with Crippen molar-refractivity contribution in [3.63, 3.8) is 0 Å². The Balaban J connectivity index is 2.01. The molecule has 1 saturated carbocycles. The van der Waals surface area contributed by atoms with Crippen LogP contribution < -0.4 is 15.8 Å². The minimum absolute atomic E-state index is 0.274. The third kappa shape index (κ3) is 3.96. The summed E-state index contributed by atoms with van der Waals surface area (Å²) in [4.78, 5) is 11.0. The molecule has 1 fully saturated rings. The van der Waals surface area contributed by atoms with E-state index in [9.17, 15) is 4.79 Å². The van der Waals surface area contributed by atoms with Crippen LogP contribution in [0.2, 0.25) is 0 Å². The molecule has 1 unspecified atom stereocenters. The normalized spacial score (nSPS) is 16.1. The maximum Gasteiger partial charge on any atom is 0.223 e. The first-order chi connectivity index (χ1) is 9.08. The second kappa shape index (κ2) is 6.06. The Bertz CT molecular complexity index is 455. The van der Waals surface area contributed by atoms with Crippen molar-refractivity contribution in [3.05, 3.63) is 29.3 Å². The number of amides is 1. The molecule has 2 rings (SSSR count). The number of carbonyl (C=O) groups is 1. The summed E-state index contributed by atoms with van der Waals surface area (Å²) in [6, 6.07) is 6.78. The number of hydrogen-bond acceptors (Lipinski definition) is 3. The number of nitrogens with two attached hydrogens (primary N) is 1. The van der Waals surface area contributed by atoms with E-state index in [0.29, 0.717) is 12.6 Å². The summed E-state index contributed by atoms with van der Waals surface area (Å²) in [6.45, 7) is 4.94. The van der Waals surface area contributed by atoms with Crippen LogP contribution in [0.5, 0.6) is 5.75 Å². The Morgan fingerprint density at radius 3 is 2.89 bits per heavy atom. The number of benzene rings is 1. The molecule has 1 atom stereocenters. The third-order valence-electron chi connectivity index (χ3n) is 3.42. The predicted octanol–water partition coefficient (Wildman–Crippen LogP) is 1.75. The summed E-state index contributed by atoms with van der Waals surface area (Å²) in [6.07, 6.45) is 2.53. The van der Waals surface area contributed by atoms with Crippen LogP contribution in [-0.2, 0) is 11.3 Å². The van der Waals surface area contributed by atoms with E-state index in [1.807, 2.05) is 19.1 Å². The zero-order valence-corrected chi connectivity index (χ0v) is 11.6. The van der Waals surface area contributed by atoms with Crippen LogP contribution in [0, 0.1) is 12.8 Å². The SMILES string of the molecule is Cc1cccc(CNC2CC2)c1OCC(C)C(N)=O. The van der Waals surface area contributed by atoms with Gasteiger partial charge in [-0.1, -0.05) is 25.1 Å². The number of carbonyl (C=O) groups excluding carboxylic acids is 1. The largest absolute Gasteiger partial charge is 0.492 e. The first-order valence-electron chi connectivity index (χ1n) is 6.82. The summed E-state index contributed by atoms with van der Waals surface area (Å²) in [5, 5.41) is 3.48. The Morgan fingerprint density at radius 1 is 1.53 bits per heavy atom. The molecule has 19 heavy (non-hydrogen) atoms. The van der Waals surface area contributed by atoms with Gasteiger partial charge >= 0.3 is 0 Å². The highest BCUT2D eigenvalue weighted by Crippen LogP contribution is 2.26. The second-order valence-electron chi connectivity index (χ2n) is 5.33. The van der Waals surface area contributed by atoms with Crippen molar-refractivity contribution in [2.24, 2.45) is 11.7 Å². The maximum absolute atomic E-state index is 11.0. The summed E-state index contributed by atoms with van der Waals surface area (Å²) in [7, 11) is 0. The molecule has 0 aliphatic heterocycles. The number of nitrogens with one attached hydrogen (secondary N) is 1. The fourth-order valence-corrected chi connectivity index (χ4v) is 1.89. The molecule has 1 aliphatic carbocycles. The Morgan fingerprint density at radius 2 is 2.26 bits per heavy atom. The van der Waals surface area contributed by atoms with Crippen molar-refractivity contribution < 1.29 is 9.53 Å². The standard InChI is InChI=1S/C15H22N2O2/c1-10-4-3-5-12(8-17-13-6-7-13)14(10)19-9-11(2)15(16)18/h3-5,11,13,17H,6-9H2,1-2H3,(H2,16,18). The van der Waals surface area contributed by atoms with Gasteiger partial charge in [-0.3, -0.25) is 4.79 Å². The number of rotatable bonds is 7. The van der Waals surface area contributed by atoms with Crippen molar-refractivity contribution in [1.29, 1.82) is 0 Å². The molecule has 0 heterocycles. The lowest BCUT2D eigenvalue weighted by molar-refractivity contribution is -0.122. The lowest BCUT2D eigenvalue weighted by Crippen LogP contribution is -2.26. The molecule has 1 aromatic rings. The van der Waals surface area contributed by atoms with Crippen molar-refractivity contribution in [2.45, 2.75) is 39.3 Å². The maximum atomic E-state index is 11.0. The highest BCUT2D eigenvalue weighted by Gasteiger charge is 2.21. The van der Waals surface area contributed by atoms with Gasteiger partial charge in [0.15, 0.2) is 0 Å². The smallest absolute Gasteiger partial charge is 0.223 e. The van der Waals surface area contributed by atoms with E-state index >= 15 is 0 Å². The number of hydrogen-bond donors (Lipinski definition) is 2. The molecule has 104 valence electrons. The average Bonchev–Trinajstić information content (AvgIpc) is 3.18. The average molecular weight is 262 g/mol. The summed E-state index contributed by atoms with van der Waals surface area (Å²) >= 11 is 0. The van der Waals surface area contributed by atoms with Gasteiger partial charge in [-0.15, -0.1) is 0 Å². The van der Waals surface area contributed by atoms with E-state index in [4.69, 9.17) is 10.5 Å². The molecular formula is C15H22N2O2. The van der Waals surface area contributed by atoms with Gasteiger partial charge in [-0.05, 0) is 25.3 Å². The fraction of sp³-hybridized carbons (Fsp3) is 0.533. The highest BCUT2D eigenvalue weighted by molar-refractivity contribution is 5.76. The van der Waals surface area contributed by atoms with Crippen LogP contribution in [0.1, 0.15) is 30.9 Å². The molecule has 0 spiro atoms. The molecule has 3 N–H and O–H groups in total. The van der Waals surface area contributed by atoms with E-state index in [1.54, 1.807) is 6.92 Å². The van der Waals surface area contributed by atoms with E-state index in [2.05, 4.69) is 11.4 Å². The lowest BCUT2D eigenvalue weighted by Gasteiger charge is -2.16. The molecule has 1 amide bonds. The van der Waals surface area contributed by atoms with Crippen LogP contribution in [0.3, 0.4) is 0 Å². The monoisotopic (exact) mass is 262 g/mol. The van der Waals surface area contributed by atoms with Crippen LogP contribution in [0.15, 0.2) is 18.2 Å². The van der Waals surface area contributed by atoms with Gasteiger partial charge in [-0.2, -0.15) is 0 Å². The zero-order valence-electron chi connectivity index (χ0n) is 11.6. The molecule has 0 saturated heterocycles. The van der Waals surface area contributed by atoms with Gasteiger partial charge in [0.1, 0.15) is 5.75 Å². The molecular weight excluding hydrogens is 240 g/mol. The van der Waals surface area contributed by atoms with Gasteiger partial charge in [0.05, 0.1) is 12.5 Å². The topological polar surface area (TPSA) is 64.3 Å². The molecule has 1 aromatic carbocycles. The van der Waals surface area contributed by atoms with Gasteiger partial charge in [0, 0.05) is 18.2 Å². The Labute approximate surface area is 114 Å². The summed E-state index contributed by atoms with van der Waals surface area (Å²) in [5.74, 6) is 0.277. The van der Waals surface area contributed by atoms with Crippen LogP contribution in [0.25, 0.3) is 0 Å². The van der Waals surface area contributed by atoms with Gasteiger partial charge < -0.3 is 15.8 Å². The van der Waals surface area contributed by atoms with E-state index < -0.39 is 0 Å². The van der Waals surface area contributed by atoms with Crippen LogP contribution in [0.4, 0.5) is 0 Å². The lowest BCUT2D eigenvalue weighted by atomic mass is 10.1. The van der Waals surface area contributed by atoms with E-state index in [0.717, 1.165) is 23.4 Å². The Hall–Kier alpha value is -1.55. The van der Waals surface area contributed by atoms with Crippen LogP contribution in [-0.4, -0.2) is 18.6 Å². The molecule has 0 bridgehead atoms. The van der Waals surface area contributed by atoms with E-state index in [-0.39, 0.29) is 11.8 Å². The van der Waals surface area contributed by atoms with Crippen LogP contribution >= 0.6 is 0 Å². The van der Waals surface area contributed by atoms with E-state index in [1.165, 1.54) is 12.8 Å². The molecule has 4 nitrogen and oxygen atoms in total. The van der Waals surface area contributed by atoms with Crippen molar-refractivity contribution in [1.82, 2.24) is 5.32 Å². The molecule has 1 aliphatic rings.